The van der Waals surface area contributed by atoms with Crippen molar-refractivity contribution in [2.45, 2.75) is 83.8 Å². The Morgan fingerprint density at radius 3 is 2.70 bits per heavy atom. The summed E-state index contributed by atoms with van der Waals surface area (Å²) in [4.78, 5) is 0. The van der Waals surface area contributed by atoms with Crippen LogP contribution in [-0.2, 0) is 4.74 Å². The Morgan fingerprint density at radius 1 is 1.15 bits per heavy atom. The summed E-state index contributed by atoms with van der Waals surface area (Å²) in [5, 5.41) is 13.3. The second-order valence-corrected chi connectivity index (χ2v) is 6.24. The molecule has 0 aromatic heterocycles. The summed E-state index contributed by atoms with van der Waals surface area (Å²) in [6, 6.07) is 0. The maximum atomic E-state index is 9.95. The lowest BCUT2D eigenvalue weighted by Gasteiger charge is -2.31. The first-order valence-electron chi connectivity index (χ1n) is 8.78. The van der Waals surface area contributed by atoms with Gasteiger partial charge in [0.1, 0.15) is 0 Å². The SMILES string of the molecule is CCCCCCNCC(O)COC1CCCCC1CC. The second-order valence-electron chi connectivity index (χ2n) is 6.24. The van der Waals surface area contributed by atoms with Crippen LogP contribution in [0, 0.1) is 5.92 Å². The number of rotatable bonds is 11. The van der Waals surface area contributed by atoms with Gasteiger partial charge in [-0.25, -0.2) is 0 Å². The van der Waals surface area contributed by atoms with E-state index in [1.807, 2.05) is 0 Å². The molecule has 0 aromatic carbocycles. The number of unbranched alkanes of at least 4 members (excludes halogenated alkanes) is 3. The molecule has 3 atom stereocenters. The van der Waals surface area contributed by atoms with E-state index in [4.69, 9.17) is 4.74 Å². The Labute approximate surface area is 125 Å². The third-order valence-corrected chi connectivity index (χ3v) is 4.45. The van der Waals surface area contributed by atoms with Gasteiger partial charge in [0, 0.05) is 6.54 Å². The summed E-state index contributed by atoms with van der Waals surface area (Å²) in [7, 11) is 0. The highest BCUT2D eigenvalue weighted by atomic mass is 16.5. The zero-order valence-electron chi connectivity index (χ0n) is 13.6. The molecule has 0 amide bonds. The molecule has 1 rings (SSSR count). The van der Waals surface area contributed by atoms with Gasteiger partial charge in [-0.3, -0.25) is 0 Å². The monoisotopic (exact) mass is 285 g/mol. The van der Waals surface area contributed by atoms with Crippen molar-refractivity contribution in [2.75, 3.05) is 19.7 Å². The molecule has 1 aliphatic carbocycles. The first-order valence-corrected chi connectivity index (χ1v) is 8.78. The Balaban J connectivity index is 2.02. The highest BCUT2D eigenvalue weighted by Gasteiger charge is 2.24. The van der Waals surface area contributed by atoms with E-state index >= 15 is 0 Å². The van der Waals surface area contributed by atoms with Crippen molar-refractivity contribution >= 4 is 0 Å². The van der Waals surface area contributed by atoms with Crippen molar-refractivity contribution in [1.82, 2.24) is 5.32 Å². The fourth-order valence-corrected chi connectivity index (χ4v) is 3.10. The fraction of sp³-hybridized carbons (Fsp3) is 1.00. The topological polar surface area (TPSA) is 41.5 Å². The van der Waals surface area contributed by atoms with Gasteiger partial charge < -0.3 is 15.2 Å². The van der Waals surface area contributed by atoms with Crippen LogP contribution in [0.4, 0.5) is 0 Å². The predicted molar refractivity (Wildman–Crippen MR) is 85.0 cm³/mol. The van der Waals surface area contributed by atoms with Crippen LogP contribution in [0.5, 0.6) is 0 Å². The van der Waals surface area contributed by atoms with E-state index in [1.54, 1.807) is 0 Å². The molecule has 1 aliphatic rings. The van der Waals surface area contributed by atoms with Crippen LogP contribution in [-0.4, -0.2) is 37.0 Å². The third kappa shape index (κ3) is 7.61. The highest BCUT2D eigenvalue weighted by Crippen LogP contribution is 2.29. The van der Waals surface area contributed by atoms with E-state index in [1.165, 1.54) is 57.8 Å². The second kappa shape index (κ2) is 11.5. The molecule has 120 valence electrons. The number of ether oxygens (including phenoxy) is 1. The average molecular weight is 285 g/mol. The molecule has 3 nitrogen and oxygen atoms in total. The Hall–Kier alpha value is -0.120. The van der Waals surface area contributed by atoms with Crippen LogP contribution in [0.2, 0.25) is 0 Å². The number of nitrogens with one attached hydrogen (secondary N) is 1. The molecule has 0 radical (unpaired) electrons. The third-order valence-electron chi connectivity index (χ3n) is 4.45. The van der Waals surface area contributed by atoms with Crippen molar-refractivity contribution in [2.24, 2.45) is 5.92 Å². The average Bonchev–Trinajstić information content (AvgIpc) is 2.49. The fourth-order valence-electron chi connectivity index (χ4n) is 3.10. The van der Waals surface area contributed by atoms with Gasteiger partial charge in [0.05, 0.1) is 18.8 Å². The minimum absolute atomic E-state index is 0.361. The van der Waals surface area contributed by atoms with Crippen LogP contribution in [0.15, 0.2) is 0 Å². The van der Waals surface area contributed by atoms with E-state index in [0.29, 0.717) is 25.2 Å². The highest BCUT2D eigenvalue weighted by molar-refractivity contribution is 4.75. The summed E-state index contributed by atoms with van der Waals surface area (Å²) >= 11 is 0. The minimum Gasteiger partial charge on any atom is -0.389 e. The lowest BCUT2D eigenvalue weighted by atomic mass is 9.85. The summed E-state index contributed by atoms with van der Waals surface area (Å²) in [5.41, 5.74) is 0. The number of hydrogen-bond acceptors (Lipinski definition) is 3. The van der Waals surface area contributed by atoms with Crippen molar-refractivity contribution in [3.63, 3.8) is 0 Å². The van der Waals surface area contributed by atoms with E-state index in [2.05, 4.69) is 19.2 Å². The molecule has 0 aliphatic heterocycles. The van der Waals surface area contributed by atoms with Crippen molar-refractivity contribution in [1.29, 1.82) is 0 Å². The van der Waals surface area contributed by atoms with Gasteiger partial charge in [0.2, 0.25) is 0 Å². The molecule has 3 heteroatoms. The quantitative estimate of drug-likeness (QED) is 0.571. The molecule has 0 heterocycles. The van der Waals surface area contributed by atoms with Crippen LogP contribution >= 0.6 is 0 Å². The standard InChI is InChI=1S/C17H35NO2/c1-3-5-6-9-12-18-13-16(19)14-20-17-11-8-7-10-15(17)4-2/h15-19H,3-14H2,1-2H3. The molecule has 1 saturated carbocycles. The molecule has 0 bridgehead atoms. The van der Waals surface area contributed by atoms with E-state index in [-0.39, 0.29) is 6.10 Å². The molecule has 1 fully saturated rings. The lowest BCUT2D eigenvalue weighted by molar-refractivity contribution is -0.0498. The Kier molecular flexibility index (Phi) is 10.3. The Bertz CT molecular complexity index is 223. The largest absolute Gasteiger partial charge is 0.389 e. The molecular weight excluding hydrogens is 250 g/mol. The van der Waals surface area contributed by atoms with Gasteiger partial charge in [-0.2, -0.15) is 0 Å². The molecule has 0 saturated heterocycles. The van der Waals surface area contributed by atoms with Gasteiger partial charge in [-0.15, -0.1) is 0 Å². The maximum Gasteiger partial charge on any atom is 0.0897 e. The van der Waals surface area contributed by atoms with Crippen molar-refractivity contribution in [3.8, 4) is 0 Å². The lowest BCUT2D eigenvalue weighted by Crippen LogP contribution is -2.35. The zero-order valence-corrected chi connectivity index (χ0v) is 13.6. The number of hydrogen-bond donors (Lipinski definition) is 2. The van der Waals surface area contributed by atoms with Crippen LogP contribution in [0.25, 0.3) is 0 Å². The van der Waals surface area contributed by atoms with E-state index in [0.717, 1.165) is 6.54 Å². The van der Waals surface area contributed by atoms with E-state index in [9.17, 15) is 5.11 Å². The van der Waals surface area contributed by atoms with Crippen LogP contribution in [0.1, 0.15) is 71.6 Å². The molecule has 3 unspecified atom stereocenters. The first kappa shape index (κ1) is 17.9. The molecule has 0 spiro atoms. The van der Waals surface area contributed by atoms with Gasteiger partial charge >= 0.3 is 0 Å². The minimum atomic E-state index is -0.361. The Morgan fingerprint density at radius 2 is 1.95 bits per heavy atom. The number of aliphatic hydroxyl groups is 1. The molecule has 2 N–H and O–H groups in total. The molecule has 0 aromatic rings. The van der Waals surface area contributed by atoms with Crippen LogP contribution < -0.4 is 5.32 Å². The normalized spacial score (nSPS) is 24.8. The number of aliphatic hydroxyl groups excluding tert-OH is 1. The first-order chi connectivity index (χ1) is 9.77. The molecular formula is C17H35NO2. The molecule has 20 heavy (non-hydrogen) atoms. The summed E-state index contributed by atoms with van der Waals surface area (Å²) < 4.78 is 5.95. The zero-order chi connectivity index (χ0) is 14.6. The predicted octanol–water partition coefficient (Wildman–Crippen LogP) is 3.50. The van der Waals surface area contributed by atoms with Gasteiger partial charge in [0.25, 0.3) is 0 Å². The van der Waals surface area contributed by atoms with Gasteiger partial charge in [-0.1, -0.05) is 52.4 Å². The van der Waals surface area contributed by atoms with Crippen LogP contribution in [0.3, 0.4) is 0 Å². The summed E-state index contributed by atoms with van der Waals surface area (Å²) in [6.07, 6.45) is 11.4. The summed E-state index contributed by atoms with van der Waals surface area (Å²) in [5.74, 6) is 0.706. The van der Waals surface area contributed by atoms with Gasteiger partial charge in [-0.05, 0) is 31.7 Å². The maximum absolute atomic E-state index is 9.95. The smallest absolute Gasteiger partial charge is 0.0897 e. The van der Waals surface area contributed by atoms with Crippen molar-refractivity contribution in [3.05, 3.63) is 0 Å². The van der Waals surface area contributed by atoms with Crippen molar-refractivity contribution < 1.29 is 9.84 Å². The van der Waals surface area contributed by atoms with Gasteiger partial charge in [0.15, 0.2) is 0 Å². The van der Waals surface area contributed by atoms with E-state index < -0.39 is 0 Å². The summed E-state index contributed by atoms with van der Waals surface area (Å²) in [6.45, 7) is 6.64.